The number of esters is 1. The van der Waals surface area contributed by atoms with E-state index in [-0.39, 0.29) is 0 Å². The van der Waals surface area contributed by atoms with Gasteiger partial charge in [0.05, 0.1) is 0 Å². The van der Waals surface area contributed by atoms with Gasteiger partial charge in [-0.25, -0.2) is 0 Å². The number of carbonyl (C=O) groups is 1. The van der Waals surface area contributed by atoms with Crippen LogP contribution in [0.5, 0.6) is 0 Å². The van der Waals surface area contributed by atoms with Crippen LogP contribution in [-0.4, -0.2) is 15.9 Å². The second-order valence-electron chi connectivity index (χ2n) is 4.40. The standard InChI is InChI=1S/C13H19Cl3O2/c1-9(2)6-5-7-10(3)8-12(13(14,15)16)18-11(4)17/h6,8,12H,5,7H2,1-4H3/b10-8+. The summed E-state index contributed by atoms with van der Waals surface area (Å²) in [5.74, 6) is -0.473. The fourth-order valence-electron chi connectivity index (χ4n) is 1.30. The molecule has 0 aromatic heterocycles. The molecule has 1 atom stereocenters. The normalized spacial score (nSPS) is 14.1. The van der Waals surface area contributed by atoms with Gasteiger partial charge in [0.15, 0.2) is 6.10 Å². The quantitative estimate of drug-likeness (QED) is 0.406. The van der Waals surface area contributed by atoms with Crippen LogP contribution < -0.4 is 0 Å². The summed E-state index contributed by atoms with van der Waals surface area (Å²) in [6, 6.07) is 0. The number of hydrogen-bond acceptors (Lipinski definition) is 2. The molecule has 0 aromatic carbocycles. The zero-order valence-corrected chi connectivity index (χ0v) is 13.4. The van der Waals surface area contributed by atoms with E-state index in [0.717, 1.165) is 18.4 Å². The number of hydrogen-bond donors (Lipinski definition) is 0. The van der Waals surface area contributed by atoms with Gasteiger partial charge in [-0.05, 0) is 39.7 Å². The van der Waals surface area contributed by atoms with E-state index in [2.05, 4.69) is 6.08 Å². The molecule has 0 N–H and O–H groups in total. The van der Waals surface area contributed by atoms with Gasteiger partial charge in [-0.1, -0.05) is 52.0 Å². The first-order chi connectivity index (χ1) is 8.12. The van der Waals surface area contributed by atoms with Crippen molar-refractivity contribution in [3.63, 3.8) is 0 Å². The smallest absolute Gasteiger partial charge is 0.303 e. The summed E-state index contributed by atoms with van der Waals surface area (Å²) in [5, 5.41) is 0. The Balaban J connectivity index is 4.63. The first-order valence-corrected chi connectivity index (χ1v) is 6.81. The molecule has 5 heteroatoms. The molecule has 104 valence electrons. The van der Waals surface area contributed by atoms with Gasteiger partial charge in [0, 0.05) is 6.92 Å². The summed E-state index contributed by atoms with van der Waals surface area (Å²) in [4.78, 5) is 10.9. The van der Waals surface area contributed by atoms with Crippen LogP contribution in [0.2, 0.25) is 0 Å². The Morgan fingerprint density at radius 1 is 1.22 bits per heavy atom. The van der Waals surface area contributed by atoms with E-state index in [1.807, 2.05) is 20.8 Å². The van der Waals surface area contributed by atoms with Crippen LogP contribution in [0, 0.1) is 0 Å². The van der Waals surface area contributed by atoms with Crippen molar-refractivity contribution in [1.82, 2.24) is 0 Å². The van der Waals surface area contributed by atoms with E-state index in [1.54, 1.807) is 6.08 Å². The second kappa shape index (κ2) is 8.08. The van der Waals surface area contributed by atoms with Crippen molar-refractivity contribution < 1.29 is 9.53 Å². The van der Waals surface area contributed by atoms with E-state index >= 15 is 0 Å². The molecule has 0 fully saturated rings. The fourth-order valence-corrected chi connectivity index (χ4v) is 1.63. The van der Waals surface area contributed by atoms with E-state index in [4.69, 9.17) is 39.5 Å². The molecule has 18 heavy (non-hydrogen) atoms. The predicted octanol–water partition coefficient (Wildman–Crippen LogP) is 4.98. The van der Waals surface area contributed by atoms with Crippen LogP contribution >= 0.6 is 34.8 Å². The highest BCUT2D eigenvalue weighted by Crippen LogP contribution is 2.34. The average molecular weight is 314 g/mol. The largest absolute Gasteiger partial charge is 0.454 e. The summed E-state index contributed by atoms with van der Waals surface area (Å²) in [6.45, 7) is 7.30. The van der Waals surface area contributed by atoms with Gasteiger partial charge in [-0.15, -0.1) is 0 Å². The van der Waals surface area contributed by atoms with Gasteiger partial charge in [-0.3, -0.25) is 4.79 Å². The lowest BCUT2D eigenvalue weighted by molar-refractivity contribution is -0.144. The van der Waals surface area contributed by atoms with Crippen molar-refractivity contribution >= 4 is 40.8 Å². The summed E-state index contributed by atoms with van der Waals surface area (Å²) in [5.41, 5.74) is 2.28. The van der Waals surface area contributed by atoms with Gasteiger partial charge in [0.25, 0.3) is 0 Å². The predicted molar refractivity (Wildman–Crippen MR) is 78.3 cm³/mol. The highest BCUT2D eigenvalue weighted by atomic mass is 35.6. The number of alkyl halides is 3. The summed E-state index contributed by atoms with van der Waals surface area (Å²) in [7, 11) is 0. The van der Waals surface area contributed by atoms with Crippen molar-refractivity contribution in [1.29, 1.82) is 0 Å². The third-order valence-corrected chi connectivity index (χ3v) is 2.79. The molecule has 0 aliphatic carbocycles. The highest BCUT2D eigenvalue weighted by molar-refractivity contribution is 6.68. The minimum absolute atomic E-state index is 0.473. The molecule has 0 aliphatic heterocycles. The van der Waals surface area contributed by atoms with Crippen molar-refractivity contribution in [2.45, 2.75) is 50.4 Å². The van der Waals surface area contributed by atoms with Gasteiger partial charge in [0.2, 0.25) is 3.79 Å². The molecular weight excluding hydrogens is 294 g/mol. The maximum absolute atomic E-state index is 10.9. The molecule has 0 aromatic rings. The van der Waals surface area contributed by atoms with E-state index in [9.17, 15) is 4.79 Å². The lowest BCUT2D eigenvalue weighted by atomic mass is 10.1. The minimum atomic E-state index is -1.65. The monoisotopic (exact) mass is 312 g/mol. The maximum atomic E-state index is 10.9. The number of ether oxygens (including phenoxy) is 1. The van der Waals surface area contributed by atoms with E-state index < -0.39 is 15.9 Å². The molecule has 0 bridgehead atoms. The Hall–Kier alpha value is -0.180. The molecule has 2 nitrogen and oxygen atoms in total. The number of rotatable bonds is 5. The van der Waals surface area contributed by atoms with Crippen LogP contribution in [0.4, 0.5) is 0 Å². The zero-order valence-electron chi connectivity index (χ0n) is 11.1. The molecule has 0 radical (unpaired) electrons. The van der Waals surface area contributed by atoms with Gasteiger partial charge in [-0.2, -0.15) is 0 Å². The van der Waals surface area contributed by atoms with Crippen LogP contribution in [-0.2, 0) is 9.53 Å². The number of allylic oxidation sites excluding steroid dienone is 3. The molecule has 0 saturated carbocycles. The fraction of sp³-hybridized carbons (Fsp3) is 0.615. The van der Waals surface area contributed by atoms with Crippen LogP contribution in [0.25, 0.3) is 0 Å². The first kappa shape index (κ1) is 17.8. The molecule has 0 heterocycles. The maximum Gasteiger partial charge on any atom is 0.303 e. The average Bonchev–Trinajstić information content (AvgIpc) is 2.13. The Morgan fingerprint density at radius 2 is 1.78 bits per heavy atom. The lowest BCUT2D eigenvalue weighted by Gasteiger charge is -2.21. The van der Waals surface area contributed by atoms with Crippen LogP contribution in [0.1, 0.15) is 40.5 Å². The lowest BCUT2D eigenvalue weighted by Crippen LogP contribution is -2.28. The molecule has 0 saturated heterocycles. The first-order valence-electron chi connectivity index (χ1n) is 5.67. The minimum Gasteiger partial charge on any atom is -0.454 e. The molecular formula is C13H19Cl3O2. The van der Waals surface area contributed by atoms with Crippen molar-refractivity contribution in [3.05, 3.63) is 23.3 Å². The Bertz CT molecular complexity index is 337. The zero-order chi connectivity index (χ0) is 14.3. The summed E-state index contributed by atoms with van der Waals surface area (Å²) >= 11 is 17.3. The summed E-state index contributed by atoms with van der Waals surface area (Å²) in [6.07, 6.45) is 4.72. The van der Waals surface area contributed by atoms with E-state index in [0.29, 0.717) is 0 Å². The SMILES string of the molecule is CC(=O)OC(/C=C(\C)CCC=C(C)C)C(Cl)(Cl)Cl. The van der Waals surface area contributed by atoms with Crippen molar-refractivity contribution in [2.24, 2.45) is 0 Å². The molecule has 1 unspecified atom stereocenters. The second-order valence-corrected chi connectivity index (χ2v) is 6.77. The van der Waals surface area contributed by atoms with Crippen LogP contribution in [0.3, 0.4) is 0 Å². The highest BCUT2D eigenvalue weighted by Gasteiger charge is 2.33. The molecule has 0 rings (SSSR count). The number of carbonyl (C=O) groups excluding carboxylic acids is 1. The Labute approximate surface area is 124 Å². The molecule has 0 amide bonds. The number of halogens is 3. The van der Waals surface area contributed by atoms with E-state index in [1.165, 1.54) is 12.5 Å². The molecule has 0 spiro atoms. The van der Waals surface area contributed by atoms with Gasteiger partial charge < -0.3 is 4.74 Å². The third-order valence-electron chi connectivity index (χ3n) is 2.14. The molecule has 0 aliphatic rings. The van der Waals surface area contributed by atoms with Gasteiger partial charge in [0.1, 0.15) is 0 Å². The van der Waals surface area contributed by atoms with Crippen LogP contribution in [0.15, 0.2) is 23.3 Å². The van der Waals surface area contributed by atoms with Crippen molar-refractivity contribution in [3.8, 4) is 0 Å². The third kappa shape index (κ3) is 8.84. The summed E-state index contributed by atoms with van der Waals surface area (Å²) < 4.78 is 3.34. The Kier molecular flexibility index (Phi) is 8.00. The topological polar surface area (TPSA) is 26.3 Å². The van der Waals surface area contributed by atoms with Crippen molar-refractivity contribution in [2.75, 3.05) is 0 Å². The van der Waals surface area contributed by atoms with Gasteiger partial charge >= 0.3 is 5.97 Å². The Morgan fingerprint density at radius 3 is 2.17 bits per heavy atom.